The van der Waals surface area contributed by atoms with E-state index >= 15 is 0 Å². The maximum atomic E-state index is 5.88. The van der Waals surface area contributed by atoms with E-state index < -0.39 is 0 Å². The molecule has 1 unspecified atom stereocenters. The molecular weight excluding hydrogens is 296 g/mol. The fourth-order valence-corrected chi connectivity index (χ4v) is 2.64. The summed E-state index contributed by atoms with van der Waals surface area (Å²) in [6.07, 6.45) is 0.886. The van der Waals surface area contributed by atoms with Gasteiger partial charge < -0.3 is 10.1 Å². The second-order valence-corrected chi connectivity index (χ2v) is 6.03. The van der Waals surface area contributed by atoms with Gasteiger partial charge in [0.1, 0.15) is 0 Å². The van der Waals surface area contributed by atoms with Crippen LogP contribution >= 0.6 is 22.9 Å². The summed E-state index contributed by atoms with van der Waals surface area (Å²) in [4.78, 5) is 14.7. The number of rotatable bonds is 6. The van der Waals surface area contributed by atoms with E-state index in [9.17, 15) is 0 Å². The molecule has 0 aliphatic rings. The van der Waals surface area contributed by atoms with Crippen LogP contribution in [0.4, 0.5) is 5.95 Å². The molecule has 0 radical (unpaired) electrons. The van der Waals surface area contributed by atoms with E-state index in [4.69, 9.17) is 16.3 Å². The van der Waals surface area contributed by atoms with Crippen molar-refractivity contribution in [1.82, 2.24) is 15.0 Å². The van der Waals surface area contributed by atoms with Gasteiger partial charge in [0.15, 0.2) is 0 Å². The molecule has 0 saturated carbocycles. The van der Waals surface area contributed by atoms with Crippen molar-refractivity contribution in [2.45, 2.75) is 33.2 Å². The van der Waals surface area contributed by atoms with Crippen molar-refractivity contribution in [3.63, 3.8) is 0 Å². The Kier molecular flexibility index (Phi) is 5.14. The molecule has 5 nitrogen and oxygen atoms in total. The molecule has 2 rings (SSSR count). The Labute approximate surface area is 127 Å². The summed E-state index contributed by atoms with van der Waals surface area (Å²) >= 11 is 7.62. The topological polar surface area (TPSA) is 59.9 Å². The quantitative estimate of drug-likeness (QED) is 0.877. The Morgan fingerprint density at radius 2 is 2.15 bits per heavy atom. The molecule has 108 valence electrons. The number of ether oxygens (including phenoxy) is 1. The van der Waals surface area contributed by atoms with Crippen LogP contribution < -0.4 is 10.1 Å². The smallest absolute Gasteiger partial charge is 0.322 e. The fourth-order valence-electron chi connectivity index (χ4n) is 1.61. The third-order valence-corrected chi connectivity index (χ3v) is 3.91. The predicted octanol–water partition coefficient (Wildman–Crippen LogP) is 3.86. The fraction of sp³-hybridized carbons (Fsp3) is 0.462. The third-order valence-electron chi connectivity index (χ3n) is 2.56. The molecule has 0 amide bonds. The molecule has 0 saturated heterocycles. The number of hydrogen-bond acceptors (Lipinski definition) is 6. The Bertz CT molecular complexity index is 575. The lowest BCUT2D eigenvalue weighted by Crippen LogP contribution is -2.10. The van der Waals surface area contributed by atoms with Gasteiger partial charge in [0.25, 0.3) is 0 Å². The zero-order chi connectivity index (χ0) is 14.5. The summed E-state index contributed by atoms with van der Waals surface area (Å²) in [6, 6.07) is 4.54. The maximum absolute atomic E-state index is 5.88. The van der Waals surface area contributed by atoms with Gasteiger partial charge in [-0.1, -0.05) is 6.92 Å². The third kappa shape index (κ3) is 4.05. The number of thiophene rings is 1. The van der Waals surface area contributed by atoms with Crippen molar-refractivity contribution in [2.24, 2.45) is 0 Å². The van der Waals surface area contributed by atoms with Gasteiger partial charge in [-0.25, -0.2) is 0 Å². The Morgan fingerprint density at radius 1 is 1.35 bits per heavy atom. The van der Waals surface area contributed by atoms with Crippen LogP contribution in [0.2, 0.25) is 5.28 Å². The van der Waals surface area contributed by atoms with E-state index in [-0.39, 0.29) is 17.3 Å². The first-order valence-corrected chi connectivity index (χ1v) is 7.65. The SMILES string of the molecule is CCCOc1nc(Cl)nc(NC(C)c2ccc(C)s2)n1. The molecule has 7 heteroatoms. The zero-order valence-electron chi connectivity index (χ0n) is 11.7. The van der Waals surface area contributed by atoms with Crippen molar-refractivity contribution >= 4 is 28.9 Å². The molecule has 1 N–H and O–H groups in total. The van der Waals surface area contributed by atoms with Crippen LogP contribution in [0.1, 0.15) is 36.1 Å². The molecule has 2 aromatic heterocycles. The van der Waals surface area contributed by atoms with Gasteiger partial charge in [0.2, 0.25) is 11.2 Å². The van der Waals surface area contributed by atoms with Crippen molar-refractivity contribution in [2.75, 3.05) is 11.9 Å². The van der Waals surface area contributed by atoms with Gasteiger partial charge in [-0.05, 0) is 44.0 Å². The minimum absolute atomic E-state index is 0.103. The molecule has 0 bridgehead atoms. The first kappa shape index (κ1) is 15.0. The van der Waals surface area contributed by atoms with Crippen molar-refractivity contribution in [3.05, 3.63) is 27.2 Å². The van der Waals surface area contributed by atoms with Gasteiger partial charge in [-0.15, -0.1) is 11.3 Å². The number of aromatic nitrogens is 3. The normalized spacial score (nSPS) is 12.2. The lowest BCUT2D eigenvalue weighted by molar-refractivity contribution is 0.291. The van der Waals surface area contributed by atoms with Crippen LogP contribution in [0.3, 0.4) is 0 Å². The molecular formula is C13H17ClN4OS. The second kappa shape index (κ2) is 6.85. The van der Waals surface area contributed by atoms with Crippen LogP contribution in [-0.4, -0.2) is 21.6 Å². The number of nitrogens with one attached hydrogen (secondary N) is 1. The maximum Gasteiger partial charge on any atom is 0.322 e. The molecule has 0 fully saturated rings. The van der Waals surface area contributed by atoms with Gasteiger partial charge >= 0.3 is 6.01 Å². The van der Waals surface area contributed by atoms with Crippen LogP contribution in [0.15, 0.2) is 12.1 Å². The summed E-state index contributed by atoms with van der Waals surface area (Å²) in [5.41, 5.74) is 0. The molecule has 20 heavy (non-hydrogen) atoms. The van der Waals surface area contributed by atoms with Gasteiger partial charge in [-0.2, -0.15) is 15.0 Å². The van der Waals surface area contributed by atoms with Crippen LogP contribution in [0.25, 0.3) is 0 Å². The molecule has 1 atom stereocenters. The molecule has 0 aliphatic heterocycles. The highest BCUT2D eigenvalue weighted by molar-refractivity contribution is 7.12. The highest BCUT2D eigenvalue weighted by Crippen LogP contribution is 2.25. The summed E-state index contributed by atoms with van der Waals surface area (Å²) in [7, 11) is 0. The molecule has 0 spiro atoms. The standard InChI is InChI=1S/C13H17ClN4OS/c1-4-7-19-13-17-11(14)16-12(18-13)15-9(3)10-6-5-8(2)20-10/h5-6,9H,4,7H2,1-3H3,(H,15,16,17,18). The molecule has 2 aromatic rings. The van der Waals surface area contributed by atoms with Gasteiger partial charge in [0.05, 0.1) is 12.6 Å². The largest absolute Gasteiger partial charge is 0.463 e. The molecule has 0 aromatic carbocycles. The van der Waals surface area contributed by atoms with Gasteiger partial charge in [0, 0.05) is 9.75 Å². The number of aryl methyl sites for hydroxylation is 1. The van der Waals surface area contributed by atoms with E-state index in [1.165, 1.54) is 9.75 Å². The first-order chi connectivity index (χ1) is 9.58. The minimum atomic E-state index is 0.103. The summed E-state index contributed by atoms with van der Waals surface area (Å²) < 4.78 is 5.38. The van der Waals surface area contributed by atoms with E-state index in [0.29, 0.717) is 12.6 Å². The first-order valence-electron chi connectivity index (χ1n) is 6.45. The summed E-state index contributed by atoms with van der Waals surface area (Å²) in [5.74, 6) is 0.426. The number of halogens is 1. The Balaban J connectivity index is 2.10. The van der Waals surface area contributed by atoms with Crippen molar-refractivity contribution in [1.29, 1.82) is 0 Å². The van der Waals surface area contributed by atoms with E-state index in [1.807, 2.05) is 6.92 Å². The Hall–Kier alpha value is -1.40. The van der Waals surface area contributed by atoms with E-state index in [1.54, 1.807) is 11.3 Å². The van der Waals surface area contributed by atoms with Crippen molar-refractivity contribution < 1.29 is 4.74 Å². The monoisotopic (exact) mass is 312 g/mol. The Morgan fingerprint density at radius 3 is 2.80 bits per heavy atom. The number of anilines is 1. The molecule has 0 aliphatic carbocycles. The van der Waals surface area contributed by atoms with E-state index in [0.717, 1.165) is 6.42 Å². The lowest BCUT2D eigenvalue weighted by Gasteiger charge is -2.12. The predicted molar refractivity (Wildman–Crippen MR) is 81.7 cm³/mol. The number of hydrogen-bond donors (Lipinski definition) is 1. The van der Waals surface area contributed by atoms with Crippen LogP contribution in [-0.2, 0) is 0 Å². The van der Waals surface area contributed by atoms with Crippen LogP contribution in [0, 0.1) is 6.92 Å². The minimum Gasteiger partial charge on any atom is -0.463 e. The van der Waals surface area contributed by atoms with Crippen molar-refractivity contribution in [3.8, 4) is 6.01 Å². The molecule has 2 heterocycles. The average Bonchev–Trinajstić information content (AvgIpc) is 2.82. The second-order valence-electron chi connectivity index (χ2n) is 4.37. The van der Waals surface area contributed by atoms with Gasteiger partial charge in [-0.3, -0.25) is 0 Å². The zero-order valence-corrected chi connectivity index (χ0v) is 13.3. The summed E-state index contributed by atoms with van der Waals surface area (Å²) in [5, 5.41) is 3.34. The highest BCUT2D eigenvalue weighted by atomic mass is 35.5. The average molecular weight is 313 g/mol. The van der Waals surface area contributed by atoms with Crippen LogP contribution in [0.5, 0.6) is 6.01 Å². The lowest BCUT2D eigenvalue weighted by atomic mass is 10.3. The van der Waals surface area contributed by atoms with E-state index in [2.05, 4.69) is 46.2 Å². The highest BCUT2D eigenvalue weighted by Gasteiger charge is 2.11. The summed E-state index contributed by atoms with van der Waals surface area (Å²) in [6.45, 7) is 6.70. The number of nitrogens with zero attached hydrogens (tertiary/aromatic N) is 3.